The van der Waals surface area contributed by atoms with Crippen LogP contribution < -0.4 is 10.1 Å². The molecule has 1 aliphatic heterocycles. The summed E-state index contributed by atoms with van der Waals surface area (Å²) >= 11 is 11.8. The normalized spacial score (nSPS) is 16.0. The van der Waals surface area contributed by atoms with Gasteiger partial charge in [-0.1, -0.05) is 23.2 Å². The zero-order chi connectivity index (χ0) is 17.3. The number of carbonyl (C=O) groups is 1. The van der Waals surface area contributed by atoms with E-state index in [0.29, 0.717) is 23.8 Å². The zero-order valence-electron chi connectivity index (χ0n) is 12.3. The van der Waals surface area contributed by atoms with Crippen molar-refractivity contribution in [2.75, 3.05) is 6.61 Å². The third kappa shape index (κ3) is 3.29. The van der Waals surface area contributed by atoms with E-state index in [0.717, 1.165) is 11.6 Å². The maximum Gasteiger partial charge on any atom is 0.283 e. The van der Waals surface area contributed by atoms with Crippen LogP contribution in [-0.2, 0) is 0 Å². The van der Waals surface area contributed by atoms with Crippen molar-refractivity contribution in [1.29, 1.82) is 0 Å². The lowest BCUT2D eigenvalue weighted by atomic mass is 10.00. The number of carbonyl (C=O) groups excluding carboxylic acids is 1. The van der Waals surface area contributed by atoms with E-state index in [-0.39, 0.29) is 22.3 Å². The summed E-state index contributed by atoms with van der Waals surface area (Å²) in [5.41, 5.74) is 0.372. The van der Waals surface area contributed by atoms with Gasteiger partial charge in [-0.2, -0.15) is 0 Å². The highest BCUT2D eigenvalue weighted by molar-refractivity contribution is 6.31. The molecule has 0 aromatic heterocycles. The number of nitro groups is 1. The van der Waals surface area contributed by atoms with Crippen LogP contribution >= 0.6 is 23.2 Å². The minimum Gasteiger partial charge on any atom is -0.493 e. The number of nitrogens with one attached hydrogen (secondary N) is 1. The van der Waals surface area contributed by atoms with Gasteiger partial charge in [-0.3, -0.25) is 14.9 Å². The van der Waals surface area contributed by atoms with E-state index in [9.17, 15) is 14.9 Å². The van der Waals surface area contributed by atoms with Gasteiger partial charge in [0.25, 0.3) is 11.6 Å². The van der Waals surface area contributed by atoms with Crippen molar-refractivity contribution in [3.05, 3.63) is 67.7 Å². The van der Waals surface area contributed by atoms with Gasteiger partial charge in [-0.25, -0.2) is 0 Å². The second kappa shape index (κ2) is 6.67. The first kappa shape index (κ1) is 16.5. The van der Waals surface area contributed by atoms with Crippen LogP contribution in [0.25, 0.3) is 0 Å². The molecule has 124 valence electrons. The molecule has 1 heterocycles. The van der Waals surface area contributed by atoms with E-state index in [2.05, 4.69) is 5.32 Å². The number of rotatable bonds is 3. The highest BCUT2D eigenvalue weighted by Gasteiger charge is 2.27. The van der Waals surface area contributed by atoms with Gasteiger partial charge in [-0.15, -0.1) is 0 Å². The van der Waals surface area contributed by atoms with Crippen LogP contribution in [0.3, 0.4) is 0 Å². The summed E-state index contributed by atoms with van der Waals surface area (Å²) in [6.07, 6.45) is 0.542. The fourth-order valence-corrected chi connectivity index (χ4v) is 2.95. The Kier molecular flexibility index (Phi) is 4.59. The SMILES string of the molecule is O=C(NC1CCOc2ccc(Cl)cc21)c1ccc(Cl)cc1[N+](=O)[O-]. The van der Waals surface area contributed by atoms with E-state index < -0.39 is 10.8 Å². The number of nitrogens with zero attached hydrogens (tertiary/aromatic N) is 1. The van der Waals surface area contributed by atoms with Gasteiger partial charge in [0.2, 0.25) is 0 Å². The molecule has 2 aromatic rings. The molecule has 0 spiro atoms. The van der Waals surface area contributed by atoms with Crippen LogP contribution in [0.2, 0.25) is 10.0 Å². The summed E-state index contributed by atoms with van der Waals surface area (Å²) in [5.74, 6) is 0.0951. The molecule has 1 aliphatic rings. The topological polar surface area (TPSA) is 81.5 Å². The number of amides is 1. The van der Waals surface area contributed by atoms with E-state index >= 15 is 0 Å². The highest BCUT2D eigenvalue weighted by atomic mass is 35.5. The lowest BCUT2D eigenvalue weighted by Crippen LogP contribution is -2.32. The van der Waals surface area contributed by atoms with Crippen LogP contribution in [0.1, 0.15) is 28.4 Å². The summed E-state index contributed by atoms with van der Waals surface area (Å²) in [5, 5.41) is 14.7. The molecule has 6 nitrogen and oxygen atoms in total. The second-order valence-corrected chi connectivity index (χ2v) is 6.14. The molecule has 0 radical (unpaired) electrons. The van der Waals surface area contributed by atoms with Gasteiger partial charge < -0.3 is 10.1 Å². The van der Waals surface area contributed by atoms with Gasteiger partial charge in [0.15, 0.2) is 0 Å². The van der Waals surface area contributed by atoms with E-state index in [1.165, 1.54) is 12.1 Å². The largest absolute Gasteiger partial charge is 0.493 e. The molecule has 0 saturated carbocycles. The number of halogens is 2. The third-order valence-electron chi connectivity index (χ3n) is 3.72. The first-order valence-electron chi connectivity index (χ1n) is 7.13. The lowest BCUT2D eigenvalue weighted by molar-refractivity contribution is -0.385. The molecular formula is C16H12Cl2N2O4. The molecule has 2 aromatic carbocycles. The Morgan fingerprint density at radius 3 is 2.67 bits per heavy atom. The Bertz CT molecular complexity index is 826. The number of hydrogen-bond donors (Lipinski definition) is 1. The molecule has 0 saturated heterocycles. The van der Waals surface area contributed by atoms with Crippen molar-refractivity contribution >= 4 is 34.8 Å². The number of hydrogen-bond acceptors (Lipinski definition) is 4. The fraction of sp³-hybridized carbons (Fsp3) is 0.188. The van der Waals surface area contributed by atoms with Crippen LogP contribution in [0.15, 0.2) is 36.4 Å². The second-order valence-electron chi connectivity index (χ2n) is 5.26. The van der Waals surface area contributed by atoms with Gasteiger partial charge in [-0.05, 0) is 30.3 Å². The summed E-state index contributed by atoms with van der Waals surface area (Å²) in [4.78, 5) is 23.0. The Hall–Kier alpha value is -2.31. The smallest absolute Gasteiger partial charge is 0.283 e. The van der Waals surface area contributed by atoms with Gasteiger partial charge in [0, 0.05) is 28.1 Å². The fourth-order valence-electron chi connectivity index (χ4n) is 2.60. The van der Waals surface area contributed by atoms with Gasteiger partial charge in [0.05, 0.1) is 17.6 Å². The first-order valence-corrected chi connectivity index (χ1v) is 7.88. The molecule has 0 aliphatic carbocycles. The number of ether oxygens (including phenoxy) is 1. The standard InChI is InChI=1S/C16H12Cl2N2O4/c17-9-2-4-15-12(7-9)13(5-6-24-15)19-16(21)11-3-1-10(18)8-14(11)20(22)23/h1-4,7-8,13H,5-6H2,(H,19,21). The first-order chi connectivity index (χ1) is 11.5. The van der Waals surface area contributed by atoms with E-state index in [1.807, 2.05) is 0 Å². The number of nitro benzene ring substituents is 1. The molecule has 24 heavy (non-hydrogen) atoms. The van der Waals surface area contributed by atoms with Crippen molar-refractivity contribution in [3.8, 4) is 5.75 Å². The summed E-state index contributed by atoms with van der Waals surface area (Å²) < 4.78 is 5.54. The molecule has 0 fully saturated rings. The minimum atomic E-state index is -0.629. The molecular weight excluding hydrogens is 355 g/mol. The zero-order valence-corrected chi connectivity index (χ0v) is 13.8. The van der Waals surface area contributed by atoms with Crippen molar-refractivity contribution in [2.24, 2.45) is 0 Å². The molecule has 3 rings (SSSR count). The monoisotopic (exact) mass is 366 g/mol. The molecule has 1 amide bonds. The lowest BCUT2D eigenvalue weighted by Gasteiger charge is -2.26. The Morgan fingerprint density at radius 1 is 1.21 bits per heavy atom. The van der Waals surface area contributed by atoms with E-state index in [4.69, 9.17) is 27.9 Å². The average Bonchev–Trinajstić information content (AvgIpc) is 2.55. The van der Waals surface area contributed by atoms with Crippen molar-refractivity contribution < 1.29 is 14.5 Å². The summed E-state index contributed by atoms with van der Waals surface area (Å²) in [6, 6.07) is 8.76. The Morgan fingerprint density at radius 2 is 1.92 bits per heavy atom. The highest BCUT2D eigenvalue weighted by Crippen LogP contribution is 2.34. The van der Waals surface area contributed by atoms with Crippen molar-refractivity contribution in [1.82, 2.24) is 5.32 Å². The van der Waals surface area contributed by atoms with Crippen LogP contribution in [0.4, 0.5) is 5.69 Å². The van der Waals surface area contributed by atoms with Gasteiger partial charge in [0.1, 0.15) is 11.3 Å². The molecule has 1 unspecified atom stereocenters. The Labute approximate surface area is 147 Å². The van der Waals surface area contributed by atoms with E-state index in [1.54, 1.807) is 18.2 Å². The van der Waals surface area contributed by atoms with Crippen LogP contribution in [0, 0.1) is 10.1 Å². The minimum absolute atomic E-state index is 0.0422. The summed E-state index contributed by atoms with van der Waals surface area (Å²) in [6.45, 7) is 0.433. The van der Waals surface area contributed by atoms with Crippen molar-refractivity contribution in [2.45, 2.75) is 12.5 Å². The van der Waals surface area contributed by atoms with Crippen molar-refractivity contribution in [3.63, 3.8) is 0 Å². The van der Waals surface area contributed by atoms with Gasteiger partial charge >= 0.3 is 0 Å². The summed E-state index contributed by atoms with van der Waals surface area (Å²) in [7, 11) is 0. The quantitative estimate of drug-likeness (QED) is 0.653. The molecule has 0 bridgehead atoms. The molecule has 1 atom stereocenters. The number of fused-ring (bicyclic) bond motifs is 1. The predicted octanol–water partition coefficient (Wildman–Crippen LogP) is 4.16. The molecule has 1 N–H and O–H groups in total. The number of benzene rings is 2. The average molecular weight is 367 g/mol. The maximum absolute atomic E-state index is 12.5. The molecule has 8 heteroatoms. The van der Waals surface area contributed by atoms with Crippen LogP contribution in [-0.4, -0.2) is 17.4 Å². The Balaban J connectivity index is 1.90. The maximum atomic E-state index is 12.5. The predicted molar refractivity (Wildman–Crippen MR) is 89.9 cm³/mol. The van der Waals surface area contributed by atoms with Crippen LogP contribution in [0.5, 0.6) is 5.75 Å². The third-order valence-corrected chi connectivity index (χ3v) is 4.19.